The lowest BCUT2D eigenvalue weighted by molar-refractivity contribution is -0.137. The maximum atomic E-state index is 12.9. The van der Waals surface area contributed by atoms with Gasteiger partial charge in [0.15, 0.2) is 0 Å². The average Bonchev–Trinajstić information content (AvgIpc) is 2.36. The number of hydrogen-bond acceptors (Lipinski definition) is 2. The number of rotatable bonds is 0. The first-order valence-electron chi connectivity index (χ1n) is 5.71. The summed E-state index contributed by atoms with van der Waals surface area (Å²) in [4.78, 5) is 0. The van der Waals surface area contributed by atoms with Gasteiger partial charge in [-0.3, -0.25) is 0 Å². The number of anilines is 2. The zero-order chi connectivity index (χ0) is 14.8. The third kappa shape index (κ3) is 3.04. The molecule has 0 atom stereocenters. The van der Waals surface area contributed by atoms with Crippen molar-refractivity contribution < 1.29 is 13.2 Å². The number of alkyl halides is 3. The minimum Gasteiger partial charge on any atom is -0.399 e. The third-order valence-electron chi connectivity index (χ3n) is 2.63. The molecule has 2 aromatic carbocycles. The van der Waals surface area contributed by atoms with Gasteiger partial charge >= 0.3 is 6.18 Å². The van der Waals surface area contributed by atoms with Gasteiger partial charge in [-0.05, 0) is 36.4 Å². The van der Waals surface area contributed by atoms with Crippen molar-refractivity contribution in [1.82, 2.24) is 0 Å². The molecule has 0 unspecified atom stereocenters. The normalized spacial score (nSPS) is 10.8. The van der Waals surface area contributed by atoms with E-state index in [1.54, 1.807) is 24.3 Å². The van der Waals surface area contributed by atoms with Crippen molar-refractivity contribution >= 4 is 11.4 Å². The molecule has 2 nitrogen and oxygen atoms in total. The van der Waals surface area contributed by atoms with Crippen LogP contribution in [0.3, 0.4) is 0 Å². The molecule has 0 aliphatic carbocycles. The van der Waals surface area contributed by atoms with E-state index in [0.717, 1.165) is 0 Å². The van der Waals surface area contributed by atoms with Crippen LogP contribution in [0.25, 0.3) is 0 Å². The maximum Gasteiger partial charge on any atom is 0.419 e. The highest BCUT2D eigenvalue weighted by atomic mass is 19.4. The monoisotopic (exact) mass is 276 g/mol. The molecule has 0 radical (unpaired) electrons. The SMILES string of the molecule is Nc1ccc(C#Cc2cccc(N)c2C(F)(F)F)cc1. The fraction of sp³-hybridized carbons (Fsp3) is 0.0667. The highest BCUT2D eigenvalue weighted by molar-refractivity contribution is 5.59. The van der Waals surface area contributed by atoms with Crippen molar-refractivity contribution in [2.75, 3.05) is 11.5 Å². The van der Waals surface area contributed by atoms with E-state index in [9.17, 15) is 13.2 Å². The number of benzene rings is 2. The average molecular weight is 276 g/mol. The smallest absolute Gasteiger partial charge is 0.399 e. The summed E-state index contributed by atoms with van der Waals surface area (Å²) in [5.74, 6) is 5.17. The van der Waals surface area contributed by atoms with Gasteiger partial charge in [0, 0.05) is 22.5 Å². The number of nitrogen functional groups attached to an aromatic ring is 2. The van der Waals surface area contributed by atoms with Gasteiger partial charge in [-0.2, -0.15) is 13.2 Å². The highest BCUT2D eigenvalue weighted by Gasteiger charge is 2.35. The Morgan fingerprint density at radius 2 is 1.50 bits per heavy atom. The molecule has 0 amide bonds. The van der Waals surface area contributed by atoms with Crippen LogP contribution in [0, 0.1) is 11.8 Å². The lowest BCUT2D eigenvalue weighted by atomic mass is 10.0. The van der Waals surface area contributed by atoms with Crippen LogP contribution in [-0.2, 0) is 6.18 Å². The number of nitrogens with two attached hydrogens (primary N) is 2. The Morgan fingerprint density at radius 1 is 0.850 bits per heavy atom. The van der Waals surface area contributed by atoms with E-state index in [2.05, 4.69) is 11.8 Å². The largest absolute Gasteiger partial charge is 0.419 e. The minimum absolute atomic E-state index is 0.144. The van der Waals surface area contributed by atoms with E-state index in [4.69, 9.17) is 11.5 Å². The Labute approximate surface area is 114 Å². The molecule has 5 heteroatoms. The van der Waals surface area contributed by atoms with Crippen LogP contribution in [0.2, 0.25) is 0 Å². The highest BCUT2D eigenvalue weighted by Crippen LogP contribution is 2.35. The zero-order valence-electron chi connectivity index (χ0n) is 10.3. The van der Waals surface area contributed by atoms with Crippen molar-refractivity contribution in [2.45, 2.75) is 6.18 Å². The summed E-state index contributed by atoms with van der Waals surface area (Å²) >= 11 is 0. The van der Waals surface area contributed by atoms with Gasteiger partial charge in [-0.15, -0.1) is 0 Å². The zero-order valence-corrected chi connectivity index (χ0v) is 10.3. The quantitative estimate of drug-likeness (QED) is 0.573. The first-order chi connectivity index (χ1) is 9.38. The Bertz CT molecular complexity index is 677. The van der Waals surface area contributed by atoms with Crippen LogP contribution >= 0.6 is 0 Å². The molecule has 2 rings (SSSR count). The molecule has 20 heavy (non-hydrogen) atoms. The Balaban J connectivity index is 2.45. The molecule has 2 aromatic rings. The molecular weight excluding hydrogens is 265 g/mol. The molecule has 0 aliphatic heterocycles. The first-order valence-corrected chi connectivity index (χ1v) is 5.71. The van der Waals surface area contributed by atoms with Gasteiger partial charge in [-0.25, -0.2) is 0 Å². The van der Waals surface area contributed by atoms with Crippen LogP contribution in [0.1, 0.15) is 16.7 Å². The van der Waals surface area contributed by atoms with Crippen LogP contribution < -0.4 is 11.5 Å². The summed E-state index contributed by atoms with van der Waals surface area (Å²) in [5, 5.41) is 0. The van der Waals surface area contributed by atoms with Crippen molar-refractivity contribution in [1.29, 1.82) is 0 Å². The second-order valence-corrected chi connectivity index (χ2v) is 4.14. The van der Waals surface area contributed by atoms with E-state index in [1.165, 1.54) is 18.2 Å². The van der Waals surface area contributed by atoms with Gasteiger partial charge in [0.25, 0.3) is 0 Å². The van der Waals surface area contributed by atoms with Crippen LogP contribution in [-0.4, -0.2) is 0 Å². The first kappa shape index (κ1) is 13.8. The van der Waals surface area contributed by atoms with E-state index >= 15 is 0 Å². The molecule has 0 saturated heterocycles. The second-order valence-electron chi connectivity index (χ2n) is 4.14. The fourth-order valence-corrected chi connectivity index (χ4v) is 1.70. The molecule has 4 N–H and O–H groups in total. The molecule has 0 aliphatic rings. The Kier molecular flexibility index (Phi) is 3.57. The Hall–Kier alpha value is -2.61. The van der Waals surface area contributed by atoms with Gasteiger partial charge in [0.2, 0.25) is 0 Å². The van der Waals surface area contributed by atoms with E-state index in [0.29, 0.717) is 11.3 Å². The fourth-order valence-electron chi connectivity index (χ4n) is 1.70. The van der Waals surface area contributed by atoms with E-state index < -0.39 is 11.7 Å². The van der Waals surface area contributed by atoms with Crippen LogP contribution in [0.15, 0.2) is 42.5 Å². The van der Waals surface area contributed by atoms with E-state index in [-0.39, 0.29) is 11.3 Å². The van der Waals surface area contributed by atoms with Gasteiger partial charge in [-0.1, -0.05) is 17.9 Å². The van der Waals surface area contributed by atoms with Crippen LogP contribution in [0.4, 0.5) is 24.5 Å². The summed E-state index contributed by atoms with van der Waals surface area (Å²) in [6, 6.07) is 10.5. The van der Waals surface area contributed by atoms with Gasteiger partial charge in [0.1, 0.15) is 0 Å². The summed E-state index contributed by atoms with van der Waals surface area (Å²) in [7, 11) is 0. The van der Waals surface area contributed by atoms with Gasteiger partial charge < -0.3 is 11.5 Å². The molecule has 0 spiro atoms. The van der Waals surface area contributed by atoms with Crippen molar-refractivity contribution in [2.24, 2.45) is 0 Å². The third-order valence-corrected chi connectivity index (χ3v) is 2.63. The lowest BCUT2D eigenvalue weighted by Gasteiger charge is -2.11. The summed E-state index contributed by atoms with van der Waals surface area (Å²) in [5.41, 5.74) is 10.7. The lowest BCUT2D eigenvalue weighted by Crippen LogP contribution is -2.11. The van der Waals surface area contributed by atoms with Crippen molar-refractivity contribution in [3.8, 4) is 11.8 Å². The molecule has 0 saturated carbocycles. The predicted octanol–water partition coefficient (Wildman–Crippen LogP) is 3.27. The van der Waals surface area contributed by atoms with E-state index in [1.807, 2.05) is 0 Å². The Morgan fingerprint density at radius 3 is 2.10 bits per heavy atom. The topological polar surface area (TPSA) is 52.0 Å². The maximum absolute atomic E-state index is 12.9. The molecule has 0 aromatic heterocycles. The predicted molar refractivity (Wildman–Crippen MR) is 72.7 cm³/mol. The molecule has 0 heterocycles. The summed E-state index contributed by atoms with van der Waals surface area (Å²) in [6.45, 7) is 0. The second kappa shape index (κ2) is 5.17. The molecular formula is C15H11F3N2. The van der Waals surface area contributed by atoms with Crippen molar-refractivity contribution in [3.05, 3.63) is 59.2 Å². The summed E-state index contributed by atoms with van der Waals surface area (Å²) < 4.78 is 38.8. The van der Waals surface area contributed by atoms with Crippen molar-refractivity contribution in [3.63, 3.8) is 0 Å². The summed E-state index contributed by atoms with van der Waals surface area (Å²) in [6.07, 6.45) is -4.53. The molecule has 102 valence electrons. The molecule has 0 bridgehead atoms. The van der Waals surface area contributed by atoms with Crippen LogP contribution in [0.5, 0.6) is 0 Å². The standard InChI is InChI=1S/C15H11F3N2/c16-15(17,18)14-11(2-1-3-13(14)20)7-4-10-5-8-12(19)9-6-10/h1-3,5-6,8-9H,19-20H2. The molecule has 0 fully saturated rings. The number of hydrogen-bond donors (Lipinski definition) is 2. The number of halogens is 3. The minimum atomic E-state index is -4.53. The van der Waals surface area contributed by atoms with Gasteiger partial charge in [0.05, 0.1) is 5.56 Å².